The summed E-state index contributed by atoms with van der Waals surface area (Å²) < 4.78 is 10.5. The first-order valence-corrected chi connectivity index (χ1v) is 8.92. The average Bonchev–Trinajstić information content (AvgIpc) is 2.96. The lowest BCUT2D eigenvalue weighted by Crippen LogP contribution is -2.43. The van der Waals surface area contributed by atoms with Gasteiger partial charge in [0.05, 0.1) is 13.2 Å². The summed E-state index contributed by atoms with van der Waals surface area (Å²) in [6.45, 7) is 10.4. The van der Waals surface area contributed by atoms with Gasteiger partial charge in [-0.3, -0.25) is 9.59 Å². The zero-order valence-corrected chi connectivity index (χ0v) is 15.5. The smallest absolute Gasteiger partial charge is 0.324 e. The normalized spacial score (nSPS) is 15.0. The predicted octanol–water partition coefficient (Wildman–Crippen LogP) is 3.33. The molecule has 0 fully saturated rings. The zero-order valence-electron chi connectivity index (χ0n) is 15.5. The molecule has 0 saturated carbocycles. The lowest BCUT2D eigenvalue weighted by atomic mass is 9.84. The number of esters is 2. The van der Waals surface area contributed by atoms with Crippen LogP contribution in [0.1, 0.15) is 55.5 Å². The van der Waals surface area contributed by atoms with Crippen molar-refractivity contribution in [1.82, 2.24) is 0 Å². The minimum Gasteiger partial charge on any atom is -0.465 e. The summed E-state index contributed by atoms with van der Waals surface area (Å²) >= 11 is 0. The molecule has 0 atom stereocenters. The molecule has 1 aliphatic carbocycles. The third kappa shape index (κ3) is 2.94. The summed E-state index contributed by atoms with van der Waals surface area (Å²) in [4.78, 5) is 25.3. The first kappa shape index (κ1) is 18.5. The van der Waals surface area contributed by atoms with E-state index in [-0.39, 0.29) is 13.2 Å². The standard InChI is InChI=1S/C20H28O4/c1-6-14-10-15-11-20(18(21)23-8-3,19(22)24-9-4)12-17(15)13(5)16(14)7-2/h10H,6-9,11-12H2,1-5H3. The number of fused-ring (bicyclic) bond motifs is 1. The molecular formula is C20H28O4. The number of benzene rings is 1. The van der Waals surface area contributed by atoms with Crippen molar-refractivity contribution in [2.24, 2.45) is 5.41 Å². The topological polar surface area (TPSA) is 52.6 Å². The van der Waals surface area contributed by atoms with E-state index in [0.717, 1.165) is 24.0 Å². The largest absolute Gasteiger partial charge is 0.465 e. The predicted molar refractivity (Wildman–Crippen MR) is 93.0 cm³/mol. The van der Waals surface area contributed by atoms with E-state index in [1.165, 1.54) is 16.7 Å². The van der Waals surface area contributed by atoms with Gasteiger partial charge in [-0.1, -0.05) is 19.9 Å². The van der Waals surface area contributed by atoms with Crippen molar-refractivity contribution >= 4 is 11.9 Å². The van der Waals surface area contributed by atoms with Gasteiger partial charge in [0.2, 0.25) is 0 Å². The van der Waals surface area contributed by atoms with E-state index in [4.69, 9.17) is 9.47 Å². The van der Waals surface area contributed by atoms with Gasteiger partial charge in [-0.25, -0.2) is 0 Å². The first-order chi connectivity index (χ1) is 11.4. The van der Waals surface area contributed by atoms with Crippen LogP contribution in [0.15, 0.2) is 6.07 Å². The van der Waals surface area contributed by atoms with E-state index >= 15 is 0 Å². The Bertz CT molecular complexity index is 628. The molecular weight excluding hydrogens is 304 g/mol. The molecule has 0 radical (unpaired) electrons. The molecule has 0 spiro atoms. The molecule has 132 valence electrons. The van der Waals surface area contributed by atoms with E-state index in [1.54, 1.807) is 13.8 Å². The Morgan fingerprint density at radius 3 is 2.04 bits per heavy atom. The lowest BCUT2D eigenvalue weighted by molar-refractivity contribution is -0.171. The molecule has 1 aliphatic rings. The van der Waals surface area contributed by atoms with E-state index in [1.807, 2.05) is 0 Å². The van der Waals surface area contributed by atoms with E-state index in [9.17, 15) is 9.59 Å². The van der Waals surface area contributed by atoms with Crippen molar-refractivity contribution in [3.63, 3.8) is 0 Å². The Morgan fingerprint density at radius 2 is 1.58 bits per heavy atom. The van der Waals surface area contributed by atoms with Gasteiger partial charge in [-0.15, -0.1) is 0 Å². The molecule has 0 amide bonds. The number of hydrogen-bond donors (Lipinski definition) is 0. The van der Waals surface area contributed by atoms with Gasteiger partial charge in [-0.2, -0.15) is 0 Å². The Labute approximate surface area is 144 Å². The molecule has 1 aromatic rings. The second-order valence-electron chi connectivity index (χ2n) is 6.36. The Balaban J connectivity index is 2.53. The first-order valence-electron chi connectivity index (χ1n) is 8.92. The monoisotopic (exact) mass is 332 g/mol. The SMILES string of the molecule is CCOC(=O)C1(C(=O)OCC)Cc2cc(CC)c(CC)c(C)c2C1. The van der Waals surface area contributed by atoms with Gasteiger partial charge in [0.1, 0.15) is 0 Å². The van der Waals surface area contributed by atoms with Crippen molar-refractivity contribution < 1.29 is 19.1 Å². The van der Waals surface area contributed by atoms with Crippen LogP contribution in [0.25, 0.3) is 0 Å². The lowest BCUT2D eigenvalue weighted by Gasteiger charge is -2.24. The quantitative estimate of drug-likeness (QED) is 0.592. The minimum atomic E-state index is -1.23. The highest BCUT2D eigenvalue weighted by Crippen LogP contribution is 2.42. The van der Waals surface area contributed by atoms with Crippen molar-refractivity contribution in [1.29, 1.82) is 0 Å². The van der Waals surface area contributed by atoms with Crippen LogP contribution < -0.4 is 0 Å². The third-order valence-electron chi connectivity index (χ3n) is 5.07. The fourth-order valence-electron chi connectivity index (χ4n) is 3.86. The molecule has 4 heteroatoms. The number of carbonyl (C=O) groups is 2. The number of hydrogen-bond acceptors (Lipinski definition) is 4. The van der Waals surface area contributed by atoms with Gasteiger partial charge in [-0.05, 0) is 67.9 Å². The Hall–Kier alpha value is -1.84. The highest BCUT2D eigenvalue weighted by atomic mass is 16.6. The van der Waals surface area contributed by atoms with Gasteiger partial charge >= 0.3 is 11.9 Å². The van der Waals surface area contributed by atoms with Gasteiger partial charge in [0.25, 0.3) is 0 Å². The maximum atomic E-state index is 12.6. The molecule has 24 heavy (non-hydrogen) atoms. The average molecular weight is 332 g/mol. The maximum Gasteiger partial charge on any atom is 0.324 e. The molecule has 0 bridgehead atoms. The number of ether oxygens (including phenoxy) is 2. The van der Waals surface area contributed by atoms with Gasteiger partial charge < -0.3 is 9.47 Å². The fourth-order valence-corrected chi connectivity index (χ4v) is 3.86. The van der Waals surface area contributed by atoms with E-state index in [0.29, 0.717) is 12.8 Å². The second-order valence-corrected chi connectivity index (χ2v) is 6.36. The second kappa shape index (κ2) is 7.37. The minimum absolute atomic E-state index is 0.260. The van der Waals surface area contributed by atoms with Gasteiger partial charge in [0, 0.05) is 6.42 Å². The molecule has 0 N–H and O–H groups in total. The Morgan fingerprint density at radius 1 is 1.00 bits per heavy atom. The van der Waals surface area contributed by atoms with Crippen LogP contribution in [0.4, 0.5) is 0 Å². The van der Waals surface area contributed by atoms with Crippen molar-refractivity contribution in [3.8, 4) is 0 Å². The molecule has 1 aromatic carbocycles. The fraction of sp³-hybridized carbons (Fsp3) is 0.600. The highest BCUT2D eigenvalue weighted by molar-refractivity contribution is 6.01. The van der Waals surface area contributed by atoms with Crippen LogP contribution in [0.2, 0.25) is 0 Å². The van der Waals surface area contributed by atoms with Crippen LogP contribution in [-0.4, -0.2) is 25.2 Å². The number of carbonyl (C=O) groups excluding carboxylic acids is 2. The van der Waals surface area contributed by atoms with Gasteiger partial charge in [0.15, 0.2) is 5.41 Å². The summed E-state index contributed by atoms with van der Waals surface area (Å²) in [6.07, 6.45) is 2.65. The summed E-state index contributed by atoms with van der Waals surface area (Å²) in [7, 11) is 0. The summed E-state index contributed by atoms with van der Waals surface area (Å²) in [6, 6.07) is 2.17. The molecule has 0 saturated heterocycles. The van der Waals surface area contributed by atoms with Crippen LogP contribution in [0.5, 0.6) is 0 Å². The summed E-state index contributed by atoms with van der Waals surface area (Å²) in [5.74, 6) is -0.926. The molecule has 0 aromatic heterocycles. The Kier molecular flexibility index (Phi) is 5.68. The molecule has 0 heterocycles. The number of aryl methyl sites for hydroxylation is 1. The maximum absolute atomic E-state index is 12.6. The van der Waals surface area contributed by atoms with Crippen LogP contribution >= 0.6 is 0 Å². The summed E-state index contributed by atoms with van der Waals surface area (Å²) in [5.41, 5.74) is 4.82. The van der Waals surface area contributed by atoms with Crippen LogP contribution in [0.3, 0.4) is 0 Å². The molecule has 2 rings (SSSR count). The molecule has 0 unspecified atom stereocenters. The summed E-state index contributed by atoms with van der Waals surface area (Å²) in [5, 5.41) is 0. The molecule has 4 nitrogen and oxygen atoms in total. The number of rotatable bonds is 6. The van der Waals surface area contributed by atoms with Crippen molar-refractivity contribution in [2.75, 3.05) is 13.2 Å². The third-order valence-corrected chi connectivity index (χ3v) is 5.07. The van der Waals surface area contributed by atoms with Crippen LogP contribution in [0, 0.1) is 12.3 Å². The van der Waals surface area contributed by atoms with Crippen molar-refractivity contribution in [3.05, 3.63) is 33.9 Å². The van der Waals surface area contributed by atoms with Crippen molar-refractivity contribution in [2.45, 2.75) is 60.3 Å². The van der Waals surface area contributed by atoms with E-state index in [2.05, 4.69) is 26.8 Å². The van der Waals surface area contributed by atoms with E-state index < -0.39 is 17.4 Å². The zero-order chi connectivity index (χ0) is 17.9. The van der Waals surface area contributed by atoms with Crippen LogP contribution in [-0.2, 0) is 44.7 Å². The highest BCUT2D eigenvalue weighted by Gasteiger charge is 2.53. The molecule has 0 aliphatic heterocycles.